The van der Waals surface area contributed by atoms with E-state index in [9.17, 15) is 18.8 Å². The van der Waals surface area contributed by atoms with Gasteiger partial charge < -0.3 is 20.7 Å². The number of anilines is 2. The fourth-order valence-corrected chi connectivity index (χ4v) is 5.63. The van der Waals surface area contributed by atoms with Crippen LogP contribution >= 0.6 is 11.8 Å². The van der Waals surface area contributed by atoms with Crippen molar-refractivity contribution in [1.29, 1.82) is 0 Å². The van der Waals surface area contributed by atoms with E-state index in [2.05, 4.69) is 16.0 Å². The Balaban J connectivity index is 1.30. The third-order valence-electron chi connectivity index (χ3n) is 7.13. The molecule has 5 aromatic carbocycles. The molecule has 7 nitrogen and oxygen atoms in total. The van der Waals surface area contributed by atoms with Crippen LogP contribution < -0.4 is 20.7 Å². The SMILES string of the molecule is CCC(Sc1cccc(NC(=O)/C(=C/c2ccc(OCc3ccccc3)cc2)NC(=O)c2ccccc2)c1)C(=O)Nc1ccccc1F. The average Bonchev–Trinajstić information content (AvgIpc) is 3.12. The minimum Gasteiger partial charge on any atom is -0.489 e. The molecule has 3 amide bonds. The van der Waals surface area contributed by atoms with Crippen molar-refractivity contribution >= 4 is 46.9 Å². The molecular formula is C39H34FN3O4S. The Morgan fingerprint density at radius 3 is 2.19 bits per heavy atom. The summed E-state index contributed by atoms with van der Waals surface area (Å²) in [7, 11) is 0. The molecule has 0 aliphatic carbocycles. The van der Waals surface area contributed by atoms with Crippen molar-refractivity contribution in [1.82, 2.24) is 5.32 Å². The molecule has 0 aromatic heterocycles. The average molecular weight is 660 g/mol. The van der Waals surface area contributed by atoms with Crippen molar-refractivity contribution in [3.8, 4) is 5.75 Å². The van der Waals surface area contributed by atoms with Gasteiger partial charge in [-0.25, -0.2) is 4.39 Å². The summed E-state index contributed by atoms with van der Waals surface area (Å²) < 4.78 is 20.0. The predicted octanol–water partition coefficient (Wildman–Crippen LogP) is 8.32. The minimum absolute atomic E-state index is 0.0376. The molecular weight excluding hydrogens is 626 g/mol. The Bertz CT molecular complexity index is 1880. The molecule has 0 heterocycles. The van der Waals surface area contributed by atoms with Crippen molar-refractivity contribution in [3.63, 3.8) is 0 Å². The summed E-state index contributed by atoms with van der Waals surface area (Å²) in [6.45, 7) is 2.29. The molecule has 0 fully saturated rings. The molecule has 0 spiro atoms. The molecule has 5 aromatic rings. The van der Waals surface area contributed by atoms with Crippen molar-refractivity contribution in [3.05, 3.63) is 162 Å². The number of carbonyl (C=O) groups excluding carboxylic acids is 3. The minimum atomic E-state index is -0.532. The monoisotopic (exact) mass is 659 g/mol. The molecule has 0 saturated carbocycles. The van der Waals surface area contributed by atoms with Crippen LogP contribution in [0.2, 0.25) is 0 Å². The van der Waals surface area contributed by atoms with Crippen molar-refractivity contribution < 1.29 is 23.5 Å². The maximum absolute atomic E-state index is 14.1. The van der Waals surface area contributed by atoms with Gasteiger partial charge in [0.05, 0.1) is 10.9 Å². The Kier molecular flexibility index (Phi) is 11.8. The Labute approximate surface area is 283 Å². The number of halogens is 1. The second-order valence-corrected chi connectivity index (χ2v) is 12.0. The molecule has 5 rings (SSSR count). The van der Waals surface area contributed by atoms with Crippen LogP contribution in [0.3, 0.4) is 0 Å². The lowest BCUT2D eigenvalue weighted by molar-refractivity contribution is -0.116. The lowest BCUT2D eigenvalue weighted by Crippen LogP contribution is -2.30. The zero-order valence-corrected chi connectivity index (χ0v) is 27.0. The van der Waals surface area contributed by atoms with Gasteiger partial charge in [0.1, 0.15) is 23.9 Å². The first-order valence-corrected chi connectivity index (χ1v) is 16.2. The molecule has 0 radical (unpaired) electrons. The molecule has 9 heteroatoms. The van der Waals surface area contributed by atoms with Crippen LogP contribution in [0.5, 0.6) is 5.75 Å². The highest BCUT2D eigenvalue weighted by Crippen LogP contribution is 2.29. The Morgan fingerprint density at radius 2 is 1.48 bits per heavy atom. The number of thioether (sulfide) groups is 1. The van der Waals surface area contributed by atoms with Gasteiger partial charge in [0.15, 0.2) is 0 Å². The summed E-state index contributed by atoms with van der Waals surface area (Å²) in [5, 5.41) is 7.77. The quantitative estimate of drug-likeness (QED) is 0.0873. The van der Waals surface area contributed by atoms with Gasteiger partial charge in [0.2, 0.25) is 5.91 Å². The zero-order chi connectivity index (χ0) is 33.7. The van der Waals surface area contributed by atoms with Crippen LogP contribution in [0.15, 0.2) is 144 Å². The zero-order valence-electron chi connectivity index (χ0n) is 26.2. The molecule has 1 unspecified atom stereocenters. The summed E-state index contributed by atoms with van der Waals surface area (Å²) in [6.07, 6.45) is 2.09. The van der Waals surface area contributed by atoms with E-state index in [4.69, 9.17) is 4.74 Å². The standard InChI is InChI=1S/C39H34FN3O4S/c1-2-36(39(46)42-34-19-10-9-18-33(34)40)48-32-17-11-16-30(25-32)41-38(45)35(43-37(44)29-14-7-4-8-15-29)24-27-20-22-31(23-21-27)47-26-28-12-5-3-6-13-28/h3-25,36H,2,26H2,1H3,(H,41,45)(H,42,46)(H,43,44)/b35-24-. The molecule has 3 N–H and O–H groups in total. The van der Waals surface area contributed by atoms with E-state index in [-0.39, 0.29) is 17.3 Å². The summed E-state index contributed by atoms with van der Waals surface area (Å²) in [5.41, 5.74) is 2.75. The number of rotatable bonds is 13. The van der Waals surface area contributed by atoms with E-state index >= 15 is 0 Å². The Hall–Kier alpha value is -5.67. The maximum Gasteiger partial charge on any atom is 0.272 e. The van der Waals surface area contributed by atoms with E-state index in [0.717, 1.165) is 10.5 Å². The van der Waals surface area contributed by atoms with Gasteiger partial charge in [-0.2, -0.15) is 0 Å². The van der Waals surface area contributed by atoms with E-state index in [1.165, 1.54) is 23.9 Å². The van der Waals surface area contributed by atoms with Crippen molar-refractivity contribution in [2.75, 3.05) is 10.6 Å². The molecule has 48 heavy (non-hydrogen) atoms. The number of para-hydroxylation sites is 1. The van der Waals surface area contributed by atoms with Gasteiger partial charge in [-0.15, -0.1) is 11.8 Å². The van der Waals surface area contributed by atoms with E-state index in [0.29, 0.717) is 35.6 Å². The first-order chi connectivity index (χ1) is 23.4. The molecule has 1 atom stereocenters. The molecule has 0 saturated heterocycles. The number of hydrogen-bond donors (Lipinski definition) is 3. The first kappa shape index (κ1) is 33.7. The van der Waals surface area contributed by atoms with Crippen LogP contribution in [-0.2, 0) is 16.2 Å². The first-order valence-electron chi connectivity index (χ1n) is 15.4. The lowest BCUT2D eigenvalue weighted by atomic mass is 10.1. The Morgan fingerprint density at radius 1 is 0.792 bits per heavy atom. The molecule has 0 aliphatic heterocycles. The van der Waals surface area contributed by atoms with E-state index < -0.39 is 22.9 Å². The van der Waals surface area contributed by atoms with Crippen LogP contribution in [0.4, 0.5) is 15.8 Å². The molecule has 0 aliphatic rings. The topological polar surface area (TPSA) is 96.5 Å². The van der Waals surface area contributed by atoms with Crippen LogP contribution in [0.1, 0.15) is 34.8 Å². The number of hydrogen-bond acceptors (Lipinski definition) is 5. The lowest BCUT2D eigenvalue weighted by Gasteiger charge is -2.16. The highest BCUT2D eigenvalue weighted by Gasteiger charge is 2.20. The van der Waals surface area contributed by atoms with Gasteiger partial charge in [-0.3, -0.25) is 14.4 Å². The second-order valence-electron chi connectivity index (χ2n) is 10.7. The largest absolute Gasteiger partial charge is 0.489 e. The highest BCUT2D eigenvalue weighted by atomic mass is 32.2. The number of benzene rings is 5. The van der Waals surface area contributed by atoms with Crippen LogP contribution in [-0.4, -0.2) is 23.0 Å². The predicted molar refractivity (Wildman–Crippen MR) is 189 cm³/mol. The third-order valence-corrected chi connectivity index (χ3v) is 8.49. The van der Waals surface area contributed by atoms with E-state index in [1.807, 2.05) is 43.3 Å². The summed E-state index contributed by atoms with van der Waals surface area (Å²) in [4.78, 5) is 40.4. The van der Waals surface area contributed by atoms with Crippen LogP contribution in [0.25, 0.3) is 6.08 Å². The van der Waals surface area contributed by atoms with Gasteiger partial charge >= 0.3 is 0 Å². The van der Waals surface area contributed by atoms with Gasteiger partial charge in [0, 0.05) is 16.1 Å². The normalized spacial score (nSPS) is 11.7. The van der Waals surface area contributed by atoms with Gasteiger partial charge in [-0.05, 0) is 78.2 Å². The maximum atomic E-state index is 14.1. The van der Waals surface area contributed by atoms with Crippen LogP contribution in [0, 0.1) is 5.82 Å². The number of carbonyl (C=O) groups is 3. The van der Waals surface area contributed by atoms with Crippen molar-refractivity contribution in [2.24, 2.45) is 0 Å². The number of ether oxygens (including phenoxy) is 1. The fraction of sp³-hybridized carbons (Fsp3) is 0.103. The number of nitrogens with one attached hydrogen (secondary N) is 3. The highest BCUT2D eigenvalue weighted by molar-refractivity contribution is 8.00. The summed E-state index contributed by atoms with van der Waals surface area (Å²) in [6, 6.07) is 38.7. The number of amides is 3. The van der Waals surface area contributed by atoms with Gasteiger partial charge in [0.25, 0.3) is 11.8 Å². The van der Waals surface area contributed by atoms with Gasteiger partial charge in [-0.1, -0.05) is 85.8 Å². The smallest absolute Gasteiger partial charge is 0.272 e. The fourth-order valence-electron chi connectivity index (χ4n) is 4.62. The summed E-state index contributed by atoms with van der Waals surface area (Å²) >= 11 is 1.30. The van der Waals surface area contributed by atoms with Crippen molar-refractivity contribution in [2.45, 2.75) is 30.1 Å². The third kappa shape index (κ3) is 9.67. The molecule has 242 valence electrons. The summed E-state index contributed by atoms with van der Waals surface area (Å²) in [5.74, 6) is -1.14. The second kappa shape index (κ2) is 16.8. The molecule has 0 bridgehead atoms. The van der Waals surface area contributed by atoms with E-state index in [1.54, 1.807) is 91.0 Å².